The van der Waals surface area contributed by atoms with Gasteiger partial charge in [0.25, 0.3) is 0 Å². The van der Waals surface area contributed by atoms with Gasteiger partial charge in [-0.05, 0) is 49.2 Å². The Kier molecular flexibility index (Phi) is 6.90. The van der Waals surface area contributed by atoms with Crippen LogP contribution in [0.5, 0.6) is 0 Å². The molecule has 1 saturated heterocycles. The van der Waals surface area contributed by atoms with Gasteiger partial charge in [-0.3, -0.25) is 9.59 Å². The maximum Gasteiger partial charge on any atom is 0.248 e. The van der Waals surface area contributed by atoms with Crippen molar-refractivity contribution >= 4 is 29.3 Å². The molecule has 0 spiro atoms. The van der Waals surface area contributed by atoms with E-state index in [-0.39, 0.29) is 23.7 Å². The van der Waals surface area contributed by atoms with E-state index in [0.29, 0.717) is 17.4 Å². The van der Waals surface area contributed by atoms with Gasteiger partial charge < -0.3 is 21.3 Å². The molecular weight excluding hydrogens is 400 g/mol. The topological polar surface area (TPSA) is 87.5 Å². The monoisotopic (exact) mass is 432 g/mol. The predicted molar refractivity (Wildman–Crippen MR) is 129 cm³/mol. The number of nitrogens with two attached hydrogens (primary N) is 1. The number of hydrogen-bond donors (Lipinski definition) is 3. The summed E-state index contributed by atoms with van der Waals surface area (Å²) in [5.74, 6) is 0.119. The molecule has 2 aromatic rings. The van der Waals surface area contributed by atoms with E-state index in [2.05, 4.69) is 34.7 Å². The van der Waals surface area contributed by atoms with E-state index < -0.39 is 0 Å². The first-order chi connectivity index (χ1) is 15.5. The average Bonchev–Trinajstić information content (AvgIpc) is 3.44. The minimum atomic E-state index is -0.229. The van der Waals surface area contributed by atoms with Gasteiger partial charge in [0.1, 0.15) is 0 Å². The molecule has 0 bridgehead atoms. The molecule has 2 fully saturated rings. The largest absolute Gasteiger partial charge is 0.397 e. The minimum absolute atomic E-state index is 0.0240. The molecule has 2 atom stereocenters. The lowest BCUT2D eigenvalue weighted by molar-refractivity contribution is -0.125. The molecule has 6 heteroatoms. The Morgan fingerprint density at radius 1 is 1.03 bits per heavy atom. The fraction of sp³-hybridized carbons (Fsp3) is 0.385. The molecule has 32 heavy (non-hydrogen) atoms. The van der Waals surface area contributed by atoms with E-state index in [1.165, 1.54) is 24.5 Å². The van der Waals surface area contributed by atoms with Crippen molar-refractivity contribution in [1.82, 2.24) is 10.2 Å². The lowest BCUT2D eigenvalue weighted by atomic mass is 9.87. The Morgan fingerprint density at radius 2 is 1.75 bits per heavy atom. The molecule has 0 unspecified atom stereocenters. The summed E-state index contributed by atoms with van der Waals surface area (Å²) >= 11 is 0. The predicted octanol–water partition coefficient (Wildman–Crippen LogP) is 3.62. The summed E-state index contributed by atoms with van der Waals surface area (Å²) < 4.78 is 0. The fourth-order valence-electron chi connectivity index (χ4n) is 4.79. The number of likely N-dealkylation sites (tertiary alicyclic amines) is 1. The summed E-state index contributed by atoms with van der Waals surface area (Å²) in [6.45, 7) is 1.66. The van der Waals surface area contributed by atoms with E-state index >= 15 is 0 Å². The third-order valence-electron chi connectivity index (χ3n) is 6.55. The zero-order valence-electron chi connectivity index (χ0n) is 18.6. The molecule has 2 amide bonds. The second-order valence-electron chi connectivity index (χ2n) is 9.00. The lowest BCUT2D eigenvalue weighted by Gasteiger charge is -2.21. The van der Waals surface area contributed by atoms with Crippen molar-refractivity contribution < 1.29 is 9.59 Å². The highest BCUT2D eigenvalue weighted by atomic mass is 16.2. The van der Waals surface area contributed by atoms with E-state index in [4.69, 9.17) is 5.73 Å². The van der Waals surface area contributed by atoms with E-state index in [0.717, 1.165) is 31.5 Å². The summed E-state index contributed by atoms with van der Waals surface area (Å²) in [5.41, 5.74) is 9.10. The van der Waals surface area contributed by atoms with Gasteiger partial charge in [0.2, 0.25) is 11.8 Å². The molecule has 1 saturated carbocycles. The van der Waals surface area contributed by atoms with Crippen LogP contribution in [0.3, 0.4) is 0 Å². The van der Waals surface area contributed by atoms with Crippen LogP contribution < -0.4 is 16.4 Å². The Bertz CT molecular complexity index is 980. The van der Waals surface area contributed by atoms with Crippen molar-refractivity contribution in [2.75, 3.05) is 31.2 Å². The number of para-hydroxylation sites is 2. The van der Waals surface area contributed by atoms with Crippen LogP contribution in [0, 0.1) is 5.92 Å². The fourth-order valence-corrected chi connectivity index (χ4v) is 4.79. The molecule has 1 aliphatic carbocycles. The maximum absolute atomic E-state index is 12.9. The van der Waals surface area contributed by atoms with Crippen molar-refractivity contribution in [1.29, 1.82) is 0 Å². The maximum atomic E-state index is 12.9. The Balaban J connectivity index is 1.38. The molecule has 0 aromatic heterocycles. The van der Waals surface area contributed by atoms with Gasteiger partial charge in [0.15, 0.2) is 0 Å². The number of carbonyl (C=O) groups excluding carboxylic acids is 2. The van der Waals surface area contributed by atoms with Crippen LogP contribution in [0.25, 0.3) is 6.08 Å². The standard InChI is InChI=1S/C26H32N4O2/c1-30-16-21(22(17-30)26(32)28-20-6-2-3-7-20)19-13-10-18(11-14-19)12-15-25(31)29-24-9-5-4-8-23(24)27/h4-5,8-15,20-22H,2-3,6-7,16-17,27H2,1H3,(H,28,32)(H,29,31)/b15-12+/t21-,22+/m1/s1. The van der Waals surface area contributed by atoms with E-state index in [1.54, 1.807) is 18.2 Å². The number of nitrogens with one attached hydrogen (secondary N) is 2. The van der Waals surface area contributed by atoms with Crippen LogP contribution in [0.4, 0.5) is 11.4 Å². The number of nitrogen functional groups attached to an aromatic ring is 1. The van der Waals surface area contributed by atoms with Gasteiger partial charge in [-0.25, -0.2) is 0 Å². The van der Waals surface area contributed by atoms with Crippen LogP contribution >= 0.6 is 0 Å². The van der Waals surface area contributed by atoms with Crippen molar-refractivity contribution in [2.24, 2.45) is 5.92 Å². The number of hydrogen-bond acceptors (Lipinski definition) is 4. The number of anilines is 2. The van der Waals surface area contributed by atoms with Crippen LogP contribution in [0.15, 0.2) is 54.6 Å². The highest BCUT2D eigenvalue weighted by Gasteiger charge is 2.37. The number of likely N-dealkylation sites (N-methyl/N-ethyl adjacent to an activating group) is 1. The molecule has 4 rings (SSSR count). The van der Waals surface area contributed by atoms with Gasteiger partial charge in [-0.1, -0.05) is 49.2 Å². The lowest BCUT2D eigenvalue weighted by Crippen LogP contribution is -2.39. The summed E-state index contributed by atoms with van der Waals surface area (Å²) in [4.78, 5) is 27.4. The van der Waals surface area contributed by atoms with Crippen LogP contribution in [0.2, 0.25) is 0 Å². The third-order valence-corrected chi connectivity index (χ3v) is 6.55. The number of nitrogens with zero attached hydrogens (tertiary/aromatic N) is 1. The smallest absolute Gasteiger partial charge is 0.248 e. The Morgan fingerprint density at radius 3 is 2.47 bits per heavy atom. The summed E-state index contributed by atoms with van der Waals surface area (Å²) in [6, 6.07) is 15.7. The van der Waals surface area contributed by atoms with Crippen molar-refractivity contribution in [2.45, 2.75) is 37.6 Å². The zero-order chi connectivity index (χ0) is 22.5. The first-order valence-electron chi connectivity index (χ1n) is 11.4. The molecular formula is C26H32N4O2. The summed E-state index contributed by atoms with van der Waals surface area (Å²) in [7, 11) is 2.07. The first kappa shape index (κ1) is 22.1. The number of benzene rings is 2. The SMILES string of the molecule is CN1C[C@H](C(=O)NC2CCCC2)[C@@H](c2ccc(/C=C/C(=O)Nc3ccccc3N)cc2)C1. The molecule has 1 heterocycles. The molecule has 6 nitrogen and oxygen atoms in total. The Hall–Kier alpha value is -3.12. The molecule has 2 aromatic carbocycles. The normalized spacial score (nSPS) is 21.8. The highest BCUT2D eigenvalue weighted by molar-refractivity contribution is 6.03. The summed E-state index contributed by atoms with van der Waals surface area (Å²) in [6.07, 6.45) is 7.91. The molecule has 4 N–H and O–H groups in total. The second kappa shape index (κ2) is 10.0. The first-order valence-corrected chi connectivity index (χ1v) is 11.4. The zero-order valence-corrected chi connectivity index (χ0v) is 18.6. The van der Waals surface area contributed by atoms with Gasteiger partial charge in [0.05, 0.1) is 17.3 Å². The van der Waals surface area contributed by atoms with Crippen LogP contribution in [0.1, 0.15) is 42.7 Å². The van der Waals surface area contributed by atoms with Crippen molar-refractivity contribution in [3.63, 3.8) is 0 Å². The van der Waals surface area contributed by atoms with Gasteiger partial charge in [-0.2, -0.15) is 0 Å². The minimum Gasteiger partial charge on any atom is -0.397 e. The molecule has 2 aliphatic rings. The third kappa shape index (κ3) is 5.37. The highest BCUT2D eigenvalue weighted by Crippen LogP contribution is 2.33. The van der Waals surface area contributed by atoms with Crippen LogP contribution in [-0.2, 0) is 9.59 Å². The molecule has 1 aliphatic heterocycles. The number of rotatable bonds is 6. The van der Waals surface area contributed by atoms with Gasteiger partial charge in [-0.15, -0.1) is 0 Å². The van der Waals surface area contributed by atoms with Gasteiger partial charge in [0, 0.05) is 31.1 Å². The van der Waals surface area contributed by atoms with Crippen LogP contribution in [-0.4, -0.2) is 42.9 Å². The van der Waals surface area contributed by atoms with E-state index in [1.807, 2.05) is 24.3 Å². The van der Waals surface area contributed by atoms with Crippen molar-refractivity contribution in [3.8, 4) is 0 Å². The number of carbonyl (C=O) groups is 2. The summed E-state index contributed by atoms with van der Waals surface area (Å²) in [5, 5.41) is 6.07. The molecule has 0 radical (unpaired) electrons. The second-order valence-corrected chi connectivity index (χ2v) is 9.00. The molecule has 168 valence electrons. The Labute approximate surface area is 189 Å². The quantitative estimate of drug-likeness (QED) is 0.481. The number of amides is 2. The average molecular weight is 433 g/mol. The van der Waals surface area contributed by atoms with Crippen molar-refractivity contribution in [3.05, 3.63) is 65.7 Å². The van der Waals surface area contributed by atoms with Gasteiger partial charge >= 0.3 is 0 Å². The van der Waals surface area contributed by atoms with E-state index in [9.17, 15) is 9.59 Å².